The van der Waals surface area contributed by atoms with E-state index in [0.717, 1.165) is 25.9 Å². The van der Waals surface area contributed by atoms with E-state index < -0.39 is 0 Å². The number of nitrogens with zero attached hydrogens (tertiary/aromatic N) is 3. The highest BCUT2D eigenvalue weighted by atomic mass is 16.3. The first-order chi connectivity index (χ1) is 15.1. The van der Waals surface area contributed by atoms with Crippen LogP contribution in [0.5, 0.6) is 0 Å². The van der Waals surface area contributed by atoms with Crippen molar-refractivity contribution in [3.8, 4) is 0 Å². The summed E-state index contributed by atoms with van der Waals surface area (Å²) in [5.41, 5.74) is 1.17. The van der Waals surface area contributed by atoms with Crippen molar-refractivity contribution >= 4 is 23.4 Å². The summed E-state index contributed by atoms with van der Waals surface area (Å²) in [6.07, 6.45) is 4.85. The van der Waals surface area contributed by atoms with E-state index >= 15 is 0 Å². The highest BCUT2D eigenvalue weighted by Crippen LogP contribution is 2.15. The number of carbonyl (C=O) groups excluding carboxylic acids is 3. The lowest BCUT2D eigenvalue weighted by atomic mass is 10.1. The predicted molar refractivity (Wildman–Crippen MR) is 116 cm³/mol. The standard InChI is InChI=1S/C23H28N4O4/c28-21(26-10-2-1-3-11-26)17-25-12-14-27(15-13-25)23(30)18-6-8-19(9-7-18)24-22(29)20-5-4-16-31-20/h4-9,16H,1-3,10-15,17H2,(H,24,29). The Labute approximate surface area is 181 Å². The van der Waals surface area contributed by atoms with Gasteiger partial charge in [0, 0.05) is 50.5 Å². The van der Waals surface area contributed by atoms with Crippen LogP contribution in [0.2, 0.25) is 0 Å². The summed E-state index contributed by atoms with van der Waals surface area (Å²) in [6, 6.07) is 10.1. The smallest absolute Gasteiger partial charge is 0.291 e. The van der Waals surface area contributed by atoms with Gasteiger partial charge in [0.2, 0.25) is 5.91 Å². The molecule has 8 heteroatoms. The van der Waals surface area contributed by atoms with Crippen molar-refractivity contribution in [3.05, 3.63) is 54.0 Å². The van der Waals surface area contributed by atoms with E-state index in [9.17, 15) is 14.4 Å². The van der Waals surface area contributed by atoms with Gasteiger partial charge in [0.25, 0.3) is 11.8 Å². The van der Waals surface area contributed by atoms with Crippen LogP contribution in [0.3, 0.4) is 0 Å². The maximum atomic E-state index is 12.8. The SMILES string of the molecule is O=C(Nc1ccc(C(=O)N2CCN(CC(=O)N3CCCCC3)CC2)cc1)c1ccco1. The van der Waals surface area contributed by atoms with Crippen LogP contribution < -0.4 is 5.32 Å². The summed E-state index contributed by atoms with van der Waals surface area (Å²) in [5, 5.41) is 2.74. The summed E-state index contributed by atoms with van der Waals surface area (Å²) in [4.78, 5) is 43.2. The molecule has 4 rings (SSSR count). The van der Waals surface area contributed by atoms with Crippen molar-refractivity contribution in [3.63, 3.8) is 0 Å². The summed E-state index contributed by atoms with van der Waals surface area (Å²) < 4.78 is 5.08. The van der Waals surface area contributed by atoms with Gasteiger partial charge in [-0.1, -0.05) is 0 Å². The second-order valence-corrected chi connectivity index (χ2v) is 8.02. The molecule has 0 aliphatic carbocycles. The zero-order chi connectivity index (χ0) is 21.6. The van der Waals surface area contributed by atoms with Crippen molar-refractivity contribution in [2.45, 2.75) is 19.3 Å². The van der Waals surface area contributed by atoms with Gasteiger partial charge in [-0.2, -0.15) is 0 Å². The Balaban J connectivity index is 1.25. The van der Waals surface area contributed by atoms with Gasteiger partial charge in [-0.15, -0.1) is 0 Å². The van der Waals surface area contributed by atoms with Crippen molar-refractivity contribution in [1.29, 1.82) is 0 Å². The molecule has 0 unspecified atom stereocenters. The number of anilines is 1. The van der Waals surface area contributed by atoms with Gasteiger partial charge in [0.05, 0.1) is 12.8 Å². The monoisotopic (exact) mass is 424 g/mol. The van der Waals surface area contributed by atoms with E-state index in [-0.39, 0.29) is 23.5 Å². The second-order valence-electron chi connectivity index (χ2n) is 8.02. The number of furan rings is 1. The molecule has 0 spiro atoms. The summed E-state index contributed by atoms with van der Waals surface area (Å²) >= 11 is 0. The van der Waals surface area contributed by atoms with Gasteiger partial charge >= 0.3 is 0 Å². The first-order valence-electron chi connectivity index (χ1n) is 10.8. The Morgan fingerprint density at radius 2 is 1.55 bits per heavy atom. The Morgan fingerprint density at radius 1 is 0.839 bits per heavy atom. The third kappa shape index (κ3) is 5.32. The third-order valence-electron chi connectivity index (χ3n) is 5.86. The van der Waals surface area contributed by atoms with E-state index in [1.54, 1.807) is 36.4 Å². The molecule has 2 saturated heterocycles. The molecule has 0 saturated carbocycles. The summed E-state index contributed by atoms with van der Waals surface area (Å²) in [7, 11) is 0. The van der Waals surface area contributed by atoms with Crippen LogP contribution >= 0.6 is 0 Å². The number of amides is 3. The quantitative estimate of drug-likeness (QED) is 0.796. The molecule has 1 aromatic carbocycles. The maximum absolute atomic E-state index is 12.8. The molecule has 3 amide bonds. The van der Waals surface area contributed by atoms with E-state index in [0.29, 0.717) is 44.0 Å². The molecule has 2 aliphatic heterocycles. The molecule has 31 heavy (non-hydrogen) atoms. The molecule has 3 heterocycles. The fraction of sp³-hybridized carbons (Fsp3) is 0.435. The first kappa shape index (κ1) is 21.1. The summed E-state index contributed by atoms with van der Waals surface area (Å²) in [5.74, 6) is 0.0636. The minimum atomic E-state index is -0.334. The fourth-order valence-corrected chi connectivity index (χ4v) is 4.02. The molecule has 0 radical (unpaired) electrons. The van der Waals surface area contributed by atoms with Gasteiger partial charge < -0.3 is 19.5 Å². The summed E-state index contributed by atoms with van der Waals surface area (Å²) in [6.45, 7) is 4.77. The van der Waals surface area contributed by atoms with E-state index in [1.807, 2.05) is 9.80 Å². The van der Waals surface area contributed by atoms with Gasteiger partial charge in [-0.3, -0.25) is 19.3 Å². The number of piperidine rings is 1. The Hall–Kier alpha value is -3.13. The van der Waals surface area contributed by atoms with Crippen LogP contribution in [-0.4, -0.2) is 78.2 Å². The van der Waals surface area contributed by atoms with Crippen LogP contribution in [0, 0.1) is 0 Å². The molecule has 164 valence electrons. The molecule has 2 aliphatic rings. The Bertz CT molecular complexity index is 896. The zero-order valence-corrected chi connectivity index (χ0v) is 17.6. The van der Waals surface area contributed by atoms with Crippen molar-refractivity contribution < 1.29 is 18.8 Å². The number of piperazine rings is 1. The zero-order valence-electron chi connectivity index (χ0n) is 17.6. The number of benzene rings is 1. The third-order valence-corrected chi connectivity index (χ3v) is 5.86. The van der Waals surface area contributed by atoms with Crippen LogP contribution in [0.15, 0.2) is 47.1 Å². The Kier molecular flexibility index (Phi) is 6.66. The molecule has 2 fully saturated rings. The minimum absolute atomic E-state index is 0.0362. The normalized spacial score (nSPS) is 17.4. The van der Waals surface area contributed by atoms with Crippen molar-refractivity contribution in [1.82, 2.24) is 14.7 Å². The van der Waals surface area contributed by atoms with Crippen LogP contribution in [-0.2, 0) is 4.79 Å². The van der Waals surface area contributed by atoms with Crippen molar-refractivity contribution in [2.24, 2.45) is 0 Å². The average molecular weight is 425 g/mol. The molecule has 8 nitrogen and oxygen atoms in total. The molecular formula is C23H28N4O4. The van der Waals surface area contributed by atoms with E-state index in [2.05, 4.69) is 10.2 Å². The number of hydrogen-bond acceptors (Lipinski definition) is 5. The lowest BCUT2D eigenvalue weighted by Gasteiger charge is -2.36. The highest BCUT2D eigenvalue weighted by Gasteiger charge is 2.25. The van der Waals surface area contributed by atoms with Gasteiger partial charge in [-0.25, -0.2) is 0 Å². The molecule has 0 bridgehead atoms. The molecular weight excluding hydrogens is 396 g/mol. The predicted octanol–water partition coefficient (Wildman–Crippen LogP) is 2.30. The molecule has 2 aromatic rings. The van der Waals surface area contributed by atoms with Gasteiger partial charge in [-0.05, 0) is 55.7 Å². The fourth-order valence-electron chi connectivity index (χ4n) is 4.02. The molecule has 0 atom stereocenters. The number of rotatable bonds is 5. The number of carbonyl (C=O) groups is 3. The van der Waals surface area contributed by atoms with Gasteiger partial charge in [0.15, 0.2) is 5.76 Å². The van der Waals surface area contributed by atoms with Crippen LogP contribution in [0.25, 0.3) is 0 Å². The highest BCUT2D eigenvalue weighted by molar-refractivity contribution is 6.02. The second kappa shape index (κ2) is 9.78. The van der Waals surface area contributed by atoms with Crippen LogP contribution in [0.1, 0.15) is 40.2 Å². The number of hydrogen-bond donors (Lipinski definition) is 1. The average Bonchev–Trinajstić information content (AvgIpc) is 3.35. The van der Waals surface area contributed by atoms with E-state index in [4.69, 9.17) is 4.42 Å². The Morgan fingerprint density at radius 3 is 2.19 bits per heavy atom. The number of likely N-dealkylation sites (tertiary alicyclic amines) is 1. The van der Waals surface area contributed by atoms with Gasteiger partial charge in [0.1, 0.15) is 0 Å². The first-order valence-corrected chi connectivity index (χ1v) is 10.8. The largest absolute Gasteiger partial charge is 0.459 e. The lowest BCUT2D eigenvalue weighted by Crippen LogP contribution is -2.52. The maximum Gasteiger partial charge on any atom is 0.291 e. The lowest BCUT2D eigenvalue weighted by molar-refractivity contribution is -0.133. The topological polar surface area (TPSA) is 86.1 Å². The number of nitrogens with one attached hydrogen (secondary N) is 1. The molecule has 1 aromatic heterocycles. The minimum Gasteiger partial charge on any atom is -0.459 e. The van der Waals surface area contributed by atoms with Crippen LogP contribution in [0.4, 0.5) is 5.69 Å². The van der Waals surface area contributed by atoms with Crippen molar-refractivity contribution in [2.75, 3.05) is 51.1 Å². The molecule has 1 N–H and O–H groups in total. The van der Waals surface area contributed by atoms with E-state index in [1.165, 1.54) is 12.7 Å².